The molecule has 202 valence electrons. The fourth-order valence-corrected chi connectivity index (χ4v) is 6.97. The number of aromatic nitrogens is 3. The molecule has 2 aromatic heterocycles. The lowest BCUT2D eigenvalue weighted by Crippen LogP contribution is -2.71. The van der Waals surface area contributed by atoms with Crippen molar-refractivity contribution in [1.29, 1.82) is 0 Å². The maximum absolute atomic E-state index is 13.1. The molecule has 1 aromatic carbocycles. The molecule has 2 aliphatic rings. The van der Waals surface area contributed by atoms with Crippen molar-refractivity contribution in [3.63, 3.8) is 0 Å². The zero-order valence-electron chi connectivity index (χ0n) is 19.9. The Labute approximate surface area is 233 Å². The number of thiazole rings is 1. The van der Waals surface area contributed by atoms with Gasteiger partial charge in [-0.3, -0.25) is 14.5 Å². The van der Waals surface area contributed by atoms with Crippen molar-refractivity contribution in [3.8, 4) is 5.69 Å². The molecule has 0 aliphatic carbocycles. The number of nitrogens with two attached hydrogens (primary N) is 1. The Morgan fingerprint density at radius 1 is 1.31 bits per heavy atom. The predicted octanol–water partition coefficient (Wildman–Crippen LogP) is 2.09. The van der Waals surface area contributed by atoms with Gasteiger partial charge in [-0.25, -0.2) is 18.9 Å². The van der Waals surface area contributed by atoms with Crippen LogP contribution in [0.25, 0.3) is 5.69 Å². The standard InChI is InChI=1S/C23H20FN7O5S3/c24-7-9-36-29-16(13-10-38-23(25)27-13)19(32)28-17-20(33)30-18(22(34)35)14(11-37-21(17)30)39-15-6-8-26-31(15)12-4-2-1-3-5-12/h1-6,8,10,17,21H,7,9,11H2,(H2,25,27)(H,28,32)(H,34,35)/t17-,21+/m1/s1. The average molecular weight is 590 g/mol. The minimum Gasteiger partial charge on any atom is -0.477 e. The van der Waals surface area contributed by atoms with Crippen molar-refractivity contribution in [2.75, 3.05) is 24.8 Å². The number of amides is 2. The van der Waals surface area contributed by atoms with Crippen molar-refractivity contribution in [2.45, 2.75) is 16.4 Å². The summed E-state index contributed by atoms with van der Waals surface area (Å²) in [5.74, 6) is -2.34. The summed E-state index contributed by atoms with van der Waals surface area (Å²) in [7, 11) is 0. The van der Waals surface area contributed by atoms with E-state index < -0.39 is 35.9 Å². The number of halogens is 1. The number of aliphatic carboxylic acids is 1. The van der Waals surface area contributed by atoms with Gasteiger partial charge in [0.05, 0.1) is 11.9 Å². The summed E-state index contributed by atoms with van der Waals surface area (Å²) in [6.45, 7) is -1.19. The van der Waals surface area contributed by atoms with Crippen molar-refractivity contribution < 1.29 is 28.7 Å². The lowest BCUT2D eigenvalue weighted by atomic mass is 10.0. The quantitative estimate of drug-likeness (QED) is 0.138. The monoisotopic (exact) mass is 589 g/mol. The summed E-state index contributed by atoms with van der Waals surface area (Å²) in [5, 5.41) is 22.3. The molecule has 12 nitrogen and oxygen atoms in total. The van der Waals surface area contributed by atoms with Crippen LogP contribution in [0.15, 0.2) is 68.8 Å². The minimum absolute atomic E-state index is 0.105. The van der Waals surface area contributed by atoms with Crippen LogP contribution in [-0.2, 0) is 19.2 Å². The van der Waals surface area contributed by atoms with Gasteiger partial charge >= 0.3 is 5.97 Å². The van der Waals surface area contributed by atoms with Gasteiger partial charge in [0.15, 0.2) is 10.8 Å². The van der Waals surface area contributed by atoms with Crippen LogP contribution in [-0.4, -0.2) is 78.7 Å². The number of carboxylic acids is 1. The fourth-order valence-electron chi connectivity index (χ4n) is 3.88. The van der Waals surface area contributed by atoms with Gasteiger partial charge in [-0.2, -0.15) is 5.10 Å². The third-order valence-electron chi connectivity index (χ3n) is 5.56. The Morgan fingerprint density at radius 2 is 2.10 bits per heavy atom. The molecule has 0 radical (unpaired) electrons. The molecule has 1 fully saturated rings. The molecule has 5 rings (SSSR count). The largest absolute Gasteiger partial charge is 0.477 e. The topological polar surface area (TPSA) is 165 Å². The highest BCUT2D eigenvalue weighted by molar-refractivity contribution is 8.06. The SMILES string of the molecule is Nc1nc(C(=NOCCF)C(=O)N[C@@H]2C(=O)N3C(C(=O)O)=C(Sc4ccnn4-c4ccccc4)CS[C@@H]23)cs1. The van der Waals surface area contributed by atoms with E-state index in [4.69, 9.17) is 10.6 Å². The molecule has 2 atom stereocenters. The van der Waals surface area contributed by atoms with Gasteiger partial charge < -0.3 is 21.0 Å². The van der Waals surface area contributed by atoms with Crippen LogP contribution < -0.4 is 11.1 Å². The molecule has 0 bridgehead atoms. The highest BCUT2D eigenvalue weighted by atomic mass is 32.2. The summed E-state index contributed by atoms with van der Waals surface area (Å²) < 4.78 is 14.2. The molecule has 16 heteroatoms. The van der Waals surface area contributed by atoms with E-state index in [1.165, 1.54) is 33.8 Å². The van der Waals surface area contributed by atoms with E-state index in [9.17, 15) is 23.9 Å². The van der Waals surface area contributed by atoms with Crippen LogP contribution in [0.1, 0.15) is 5.69 Å². The number of para-hydroxylation sites is 1. The number of benzene rings is 1. The number of nitrogen functional groups attached to an aromatic ring is 1. The highest BCUT2D eigenvalue weighted by Crippen LogP contribution is 2.45. The van der Waals surface area contributed by atoms with Crippen molar-refractivity contribution in [1.82, 2.24) is 25.0 Å². The zero-order chi connectivity index (χ0) is 27.5. The molecule has 0 unspecified atom stereocenters. The molecule has 4 N–H and O–H groups in total. The number of fused-ring (bicyclic) bond motifs is 1. The summed E-state index contributed by atoms with van der Waals surface area (Å²) in [4.78, 5) is 48.9. The Bertz CT molecular complexity index is 1480. The second kappa shape index (κ2) is 11.5. The molecule has 4 heterocycles. The highest BCUT2D eigenvalue weighted by Gasteiger charge is 2.54. The first kappa shape index (κ1) is 26.7. The molecule has 3 aromatic rings. The molecule has 2 amide bonds. The lowest BCUT2D eigenvalue weighted by molar-refractivity contribution is -0.150. The number of carboxylic acid groups (broad SMARTS) is 1. The second-order valence-corrected chi connectivity index (χ2v) is 11.1. The number of anilines is 1. The van der Waals surface area contributed by atoms with Gasteiger partial charge in [-0.05, 0) is 18.2 Å². The second-order valence-electron chi connectivity index (χ2n) is 7.99. The number of rotatable bonds is 10. The molecular formula is C23H20FN7O5S3. The van der Waals surface area contributed by atoms with Crippen LogP contribution in [0, 0.1) is 0 Å². The zero-order valence-corrected chi connectivity index (χ0v) is 22.3. The Morgan fingerprint density at radius 3 is 2.79 bits per heavy atom. The van der Waals surface area contributed by atoms with Crippen molar-refractivity contribution in [2.24, 2.45) is 5.16 Å². The van der Waals surface area contributed by atoms with E-state index in [1.807, 2.05) is 30.3 Å². The third kappa shape index (κ3) is 5.35. The molecule has 1 saturated heterocycles. The molecule has 39 heavy (non-hydrogen) atoms. The first-order valence-corrected chi connectivity index (χ1v) is 14.1. The normalized spacial score (nSPS) is 18.9. The van der Waals surface area contributed by atoms with E-state index in [0.29, 0.717) is 9.93 Å². The minimum atomic E-state index is -1.26. The lowest BCUT2D eigenvalue weighted by Gasteiger charge is -2.49. The number of carbonyl (C=O) groups is 3. The van der Waals surface area contributed by atoms with E-state index in [0.717, 1.165) is 17.0 Å². The Kier molecular flexibility index (Phi) is 7.85. The summed E-state index contributed by atoms with van der Waals surface area (Å²) in [6.07, 6.45) is 1.61. The molecule has 2 aliphatic heterocycles. The van der Waals surface area contributed by atoms with Crippen LogP contribution in [0.3, 0.4) is 0 Å². The number of thioether (sulfide) groups is 2. The maximum Gasteiger partial charge on any atom is 0.353 e. The fraction of sp³-hybridized carbons (Fsp3) is 0.217. The predicted molar refractivity (Wildman–Crippen MR) is 144 cm³/mol. The van der Waals surface area contributed by atoms with Crippen LogP contribution in [0.4, 0.5) is 9.52 Å². The van der Waals surface area contributed by atoms with Crippen LogP contribution >= 0.6 is 34.9 Å². The van der Waals surface area contributed by atoms with Crippen molar-refractivity contribution >= 4 is 63.5 Å². The Balaban J connectivity index is 1.35. The number of carbonyl (C=O) groups excluding carboxylic acids is 2. The first-order chi connectivity index (χ1) is 18.9. The molecular weight excluding hydrogens is 569 g/mol. The number of oxime groups is 1. The van der Waals surface area contributed by atoms with Crippen LogP contribution in [0.5, 0.6) is 0 Å². The maximum atomic E-state index is 13.1. The van der Waals surface area contributed by atoms with E-state index in [1.54, 1.807) is 16.9 Å². The van der Waals surface area contributed by atoms with Gasteiger partial charge in [-0.15, -0.1) is 23.1 Å². The van der Waals surface area contributed by atoms with Gasteiger partial charge in [0.2, 0.25) is 0 Å². The van der Waals surface area contributed by atoms with E-state index in [-0.39, 0.29) is 34.6 Å². The number of nitrogens with zero attached hydrogens (tertiary/aromatic N) is 5. The van der Waals surface area contributed by atoms with E-state index >= 15 is 0 Å². The number of nitrogens with one attached hydrogen (secondary N) is 1. The Hall–Kier alpha value is -3.89. The summed E-state index contributed by atoms with van der Waals surface area (Å²) in [6, 6.07) is 10.1. The van der Waals surface area contributed by atoms with Gasteiger partial charge in [0.1, 0.15) is 41.1 Å². The summed E-state index contributed by atoms with van der Waals surface area (Å²) >= 11 is 3.60. The molecule has 0 saturated carbocycles. The number of β-lactam (4-membered cyclic amide) rings is 1. The van der Waals surface area contributed by atoms with Gasteiger partial charge in [0.25, 0.3) is 11.8 Å². The molecule has 0 spiro atoms. The number of hydrogen-bond donors (Lipinski definition) is 3. The number of alkyl halides is 1. The summed E-state index contributed by atoms with van der Waals surface area (Å²) in [5.41, 5.74) is 6.15. The average Bonchev–Trinajstić information content (AvgIpc) is 3.58. The third-order valence-corrected chi connectivity index (χ3v) is 8.80. The first-order valence-electron chi connectivity index (χ1n) is 11.4. The smallest absolute Gasteiger partial charge is 0.353 e. The van der Waals surface area contributed by atoms with E-state index in [2.05, 4.69) is 20.6 Å². The van der Waals surface area contributed by atoms with Gasteiger partial charge in [-0.1, -0.05) is 35.1 Å². The number of hydrogen-bond acceptors (Lipinski definition) is 11. The van der Waals surface area contributed by atoms with Crippen LogP contribution in [0.2, 0.25) is 0 Å². The van der Waals surface area contributed by atoms with Gasteiger partial charge in [0, 0.05) is 16.0 Å². The van der Waals surface area contributed by atoms with Crippen molar-refractivity contribution in [3.05, 3.63) is 64.3 Å².